The molecule has 2 aromatic carbocycles. The number of hydrogen-bond acceptors (Lipinski definition) is 3. The number of carbonyl (C=O) groups excluding carboxylic acids is 2. The Balaban J connectivity index is 1.86. The monoisotopic (exact) mass is 383 g/mol. The summed E-state index contributed by atoms with van der Waals surface area (Å²) in [6, 6.07) is 11.6. The molecule has 0 aliphatic carbocycles. The molecule has 0 radical (unpaired) electrons. The van der Waals surface area contributed by atoms with Crippen molar-refractivity contribution in [3.8, 4) is 0 Å². The van der Waals surface area contributed by atoms with Crippen molar-refractivity contribution in [2.75, 3.05) is 6.54 Å². The van der Waals surface area contributed by atoms with Gasteiger partial charge in [0, 0.05) is 5.56 Å². The van der Waals surface area contributed by atoms with Crippen molar-refractivity contribution in [3.05, 3.63) is 68.7 Å². The van der Waals surface area contributed by atoms with Gasteiger partial charge in [-0.25, -0.2) is 5.43 Å². The Kier molecular flexibility index (Phi) is 6.61. The van der Waals surface area contributed by atoms with Gasteiger partial charge in [0.2, 0.25) is 0 Å². The summed E-state index contributed by atoms with van der Waals surface area (Å²) in [5.74, 6) is -0.942. The Morgan fingerprint density at radius 1 is 1.00 bits per heavy atom. The second-order valence-corrected chi connectivity index (χ2v) is 5.79. The van der Waals surface area contributed by atoms with E-state index in [0.29, 0.717) is 26.2 Å². The van der Waals surface area contributed by atoms with Crippen LogP contribution in [0.1, 0.15) is 15.9 Å². The number of benzene rings is 2. The van der Waals surface area contributed by atoms with E-state index in [-0.39, 0.29) is 6.54 Å². The van der Waals surface area contributed by atoms with Crippen LogP contribution in [-0.4, -0.2) is 24.6 Å². The SMILES string of the molecule is O=C(CNC(=O)c1ccccc1Cl)N/N=C/c1cccc(Cl)c1Cl. The average Bonchev–Trinajstić information content (AvgIpc) is 2.57. The van der Waals surface area contributed by atoms with E-state index in [9.17, 15) is 9.59 Å². The molecule has 0 fully saturated rings. The van der Waals surface area contributed by atoms with Crippen LogP contribution >= 0.6 is 34.8 Å². The number of halogens is 3. The lowest BCUT2D eigenvalue weighted by molar-refractivity contribution is -0.120. The minimum absolute atomic E-state index is 0.245. The van der Waals surface area contributed by atoms with Gasteiger partial charge in [0.25, 0.3) is 11.8 Å². The van der Waals surface area contributed by atoms with E-state index in [1.807, 2.05) is 0 Å². The molecule has 0 atom stereocenters. The minimum Gasteiger partial charge on any atom is -0.343 e. The number of nitrogens with one attached hydrogen (secondary N) is 2. The van der Waals surface area contributed by atoms with E-state index in [1.165, 1.54) is 6.21 Å². The van der Waals surface area contributed by atoms with Crippen LogP contribution in [0, 0.1) is 0 Å². The van der Waals surface area contributed by atoms with Crippen LogP contribution in [0.15, 0.2) is 47.6 Å². The van der Waals surface area contributed by atoms with Crippen molar-refractivity contribution in [1.82, 2.24) is 10.7 Å². The third-order valence-electron chi connectivity index (χ3n) is 2.90. The van der Waals surface area contributed by atoms with Crippen LogP contribution in [0.5, 0.6) is 0 Å². The van der Waals surface area contributed by atoms with E-state index < -0.39 is 11.8 Å². The molecule has 8 heteroatoms. The fourth-order valence-corrected chi connectivity index (χ4v) is 2.31. The summed E-state index contributed by atoms with van der Waals surface area (Å²) in [7, 11) is 0. The van der Waals surface area contributed by atoms with Gasteiger partial charge in [0.15, 0.2) is 0 Å². The molecule has 2 N–H and O–H groups in total. The molecule has 0 bridgehead atoms. The predicted octanol–water partition coefficient (Wildman–Crippen LogP) is 3.53. The van der Waals surface area contributed by atoms with Gasteiger partial charge in [0.1, 0.15) is 0 Å². The first-order chi connectivity index (χ1) is 11.5. The molecule has 0 saturated heterocycles. The summed E-state index contributed by atoms with van der Waals surface area (Å²) < 4.78 is 0. The molecule has 124 valence electrons. The summed E-state index contributed by atoms with van der Waals surface area (Å²) in [6.45, 7) is -0.245. The van der Waals surface area contributed by atoms with Gasteiger partial charge in [-0.3, -0.25) is 9.59 Å². The summed E-state index contributed by atoms with van der Waals surface area (Å²) in [5, 5.41) is 7.25. The maximum atomic E-state index is 11.9. The van der Waals surface area contributed by atoms with Crippen molar-refractivity contribution >= 4 is 52.8 Å². The highest BCUT2D eigenvalue weighted by atomic mass is 35.5. The highest BCUT2D eigenvalue weighted by molar-refractivity contribution is 6.43. The third kappa shape index (κ3) is 4.96. The molecule has 0 aromatic heterocycles. The Morgan fingerprint density at radius 2 is 1.71 bits per heavy atom. The maximum Gasteiger partial charge on any atom is 0.259 e. The van der Waals surface area contributed by atoms with Gasteiger partial charge in [0.05, 0.1) is 33.4 Å². The first kappa shape index (κ1) is 18.3. The highest BCUT2D eigenvalue weighted by Gasteiger charge is 2.10. The molecular formula is C16H12Cl3N3O2. The zero-order valence-corrected chi connectivity index (χ0v) is 14.5. The number of amides is 2. The fraction of sp³-hybridized carbons (Fsp3) is 0.0625. The van der Waals surface area contributed by atoms with Crippen molar-refractivity contribution in [2.45, 2.75) is 0 Å². The summed E-state index contributed by atoms with van der Waals surface area (Å²) >= 11 is 17.8. The van der Waals surface area contributed by atoms with Crippen LogP contribution in [-0.2, 0) is 4.79 Å². The standard InChI is InChI=1S/C16H12Cl3N3O2/c17-12-6-2-1-5-11(12)16(24)20-9-14(23)22-21-8-10-4-3-7-13(18)15(10)19/h1-8H,9H2,(H,20,24)(H,22,23)/b21-8+. The van der Waals surface area contributed by atoms with Crippen molar-refractivity contribution in [3.63, 3.8) is 0 Å². The van der Waals surface area contributed by atoms with E-state index >= 15 is 0 Å². The van der Waals surface area contributed by atoms with E-state index in [2.05, 4.69) is 15.8 Å². The first-order valence-electron chi connectivity index (χ1n) is 6.77. The number of rotatable bonds is 5. The molecule has 5 nitrogen and oxygen atoms in total. The van der Waals surface area contributed by atoms with Gasteiger partial charge in [-0.1, -0.05) is 59.1 Å². The molecule has 0 aliphatic rings. The summed E-state index contributed by atoms with van der Waals surface area (Å²) in [5.41, 5.74) is 3.13. The van der Waals surface area contributed by atoms with Crippen LogP contribution in [0.25, 0.3) is 0 Å². The maximum absolute atomic E-state index is 11.9. The molecule has 2 aromatic rings. The van der Waals surface area contributed by atoms with Crippen LogP contribution < -0.4 is 10.7 Å². The lowest BCUT2D eigenvalue weighted by Gasteiger charge is -2.05. The molecule has 2 rings (SSSR count). The average molecular weight is 385 g/mol. The predicted molar refractivity (Wildman–Crippen MR) is 96.0 cm³/mol. The minimum atomic E-state index is -0.496. The lowest BCUT2D eigenvalue weighted by atomic mass is 10.2. The molecule has 2 amide bonds. The molecule has 0 heterocycles. The van der Waals surface area contributed by atoms with Crippen LogP contribution in [0.4, 0.5) is 0 Å². The normalized spacial score (nSPS) is 10.6. The lowest BCUT2D eigenvalue weighted by Crippen LogP contribution is -2.35. The number of hydrazone groups is 1. The number of carbonyl (C=O) groups is 2. The summed E-state index contributed by atoms with van der Waals surface area (Å²) in [6.07, 6.45) is 1.36. The van der Waals surface area contributed by atoms with E-state index in [0.717, 1.165) is 0 Å². The van der Waals surface area contributed by atoms with Crippen molar-refractivity contribution in [2.24, 2.45) is 5.10 Å². The number of hydrogen-bond donors (Lipinski definition) is 2. The zero-order valence-electron chi connectivity index (χ0n) is 12.2. The second kappa shape index (κ2) is 8.68. The van der Waals surface area contributed by atoms with Gasteiger partial charge in [-0.2, -0.15) is 5.10 Å². The fourth-order valence-electron chi connectivity index (χ4n) is 1.73. The first-order valence-corrected chi connectivity index (χ1v) is 7.91. The van der Waals surface area contributed by atoms with Crippen LogP contribution in [0.2, 0.25) is 15.1 Å². The third-order valence-corrected chi connectivity index (χ3v) is 4.07. The van der Waals surface area contributed by atoms with Gasteiger partial charge in [-0.05, 0) is 18.2 Å². The van der Waals surface area contributed by atoms with E-state index in [1.54, 1.807) is 42.5 Å². The second-order valence-electron chi connectivity index (χ2n) is 4.60. The molecular weight excluding hydrogens is 373 g/mol. The zero-order chi connectivity index (χ0) is 17.5. The quantitative estimate of drug-likeness (QED) is 0.611. The topological polar surface area (TPSA) is 70.6 Å². The number of nitrogens with zero attached hydrogens (tertiary/aromatic N) is 1. The van der Waals surface area contributed by atoms with Crippen molar-refractivity contribution < 1.29 is 9.59 Å². The Bertz CT molecular complexity index is 794. The summed E-state index contributed by atoms with van der Waals surface area (Å²) in [4.78, 5) is 23.6. The molecule has 0 unspecified atom stereocenters. The molecule has 0 spiro atoms. The molecule has 0 aliphatic heterocycles. The Morgan fingerprint density at radius 3 is 2.46 bits per heavy atom. The van der Waals surface area contributed by atoms with Gasteiger partial charge in [-0.15, -0.1) is 0 Å². The smallest absolute Gasteiger partial charge is 0.259 e. The van der Waals surface area contributed by atoms with Crippen molar-refractivity contribution in [1.29, 1.82) is 0 Å². The van der Waals surface area contributed by atoms with Gasteiger partial charge < -0.3 is 5.32 Å². The Hall–Kier alpha value is -2.08. The van der Waals surface area contributed by atoms with E-state index in [4.69, 9.17) is 34.8 Å². The molecule has 24 heavy (non-hydrogen) atoms. The molecule has 0 saturated carbocycles. The van der Waals surface area contributed by atoms with Crippen LogP contribution in [0.3, 0.4) is 0 Å². The highest BCUT2D eigenvalue weighted by Crippen LogP contribution is 2.24. The Labute approximate surface area is 153 Å². The van der Waals surface area contributed by atoms with Gasteiger partial charge >= 0.3 is 0 Å². The largest absolute Gasteiger partial charge is 0.343 e.